The van der Waals surface area contributed by atoms with Crippen LogP contribution in [0.4, 0.5) is 10.1 Å². The Bertz CT molecular complexity index is 1320. The van der Waals surface area contributed by atoms with Crippen molar-refractivity contribution < 1.29 is 18.7 Å². The fraction of sp³-hybridized carbons (Fsp3) is 0.355. The smallest absolute Gasteiger partial charge is 0.254 e. The van der Waals surface area contributed by atoms with E-state index in [9.17, 15) is 14.0 Å². The number of alkyl halides is 1. The summed E-state index contributed by atoms with van der Waals surface area (Å²) < 4.78 is 18.1. The summed E-state index contributed by atoms with van der Waals surface area (Å²) in [6.45, 7) is 9.95. The second-order valence-electron chi connectivity index (χ2n) is 9.80. The van der Waals surface area contributed by atoms with Crippen LogP contribution in [0.2, 0.25) is 0 Å². The molecule has 1 heterocycles. The van der Waals surface area contributed by atoms with Crippen molar-refractivity contribution in [2.24, 2.45) is 21.6 Å². The molecule has 0 radical (unpaired) electrons. The molecule has 8 nitrogen and oxygen atoms in total. The number of aliphatic imine (C=N–C) groups is 2. The van der Waals surface area contributed by atoms with Gasteiger partial charge in [0.15, 0.2) is 5.84 Å². The molecule has 1 atom stereocenters. The van der Waals surface area contributed by atoms with Gasteiger partial charge in [0.05, 0.1) is 5.71 Å². The average molecular weight is 548 g/mol. The summed E-state index contributed by atoms with van der Waals surface area (Å²) in [7, 11) is 0. The highest BCUT2D eigenvalue weighted by molar-refractivity contribution is 6.45. The molecule has 2 aromatic carbocycles. The molecule has 3 N–H and O–H groups in total. The molecule has 0 aromatic heterocycles. The van der Waals surface area contributed by atoms with Crippen molar-refractivity contribution in [2.75, 3.05) is 18.4 Å². The minimum absolute atomic E-state index is 0.0491. The van der Waals surface area contributed by atoms with Gasteiger partial charge in [-0.15, -0.1) is 0 Å². The molecule has 0 spiro atoms. The van der Waals surface area contributed by atoms with Crippen molar-refractivity contribution >= 4 is 34.6 Å². The third-order valence-electron chi connectivity index (χ3n) is 6.66. The average Bonchev–Trinajstić information content (AvgIpc) is 2.93. The number of rotatable bonds is 9. The van der Waals surface area contributed by atoms with E-state index >= 15 is 0 Å². The van der Waals surface area contributed by atoms with Gasteiger partial charge >= 0.3 is 0 Å². The normalized spacial score (nSPS) is 16.2. The lowest BCUT2D eigenvalue weighted by Crippen LogP contribution is -2.41. The number of likely N-dealkylation sites (tertiary alicyclic amines) is 1. The molecule has 3 rings (SSSR count). The lowest BCUT2D eigenvalue weighted by molar-refractivity contribution is -0.123. The zero-order chi connectivity index (χ0) is 29.2. The Morgan fingerprint density at radius 1 is 1.12 bits per heavy atom. The van der Waals surface area contributed by atoms with E-state index in [0.29, 0.717) is 48.8 Å². The lowest BCUT2D eigenvalue weighted by atomic mass is 9.95. The Labute approximate surface area is 235 Å². The third-order valence-corrected chi connectivity index (χ3v) is 6.66. The highest BCUT2D eigenvalue weighted by Crippen LogP contribution is 2.23. The summed E-state index contributed by atoms with van der Waals surface area (Å²) in [5.74, 6) is 0.516. The van der Waals surface area contributed by atoms with Gasteiger partial charge in [-0.25, -0.2) is 9.38 Å². The molecule has 1 unspecified atom stereocenters. The van der Waals surface area contributed by atoms with Crippen LogP contribution in [0.25, 0.3) is 5.57 Å². The summed E-state index contributed by atoms with van der Waals surface area (Å²) in [6.07, 6.45) is 5.08. The van der Waals surface area contributed by atoms with E-state index in [2.05, 4.69) is 15.3 Å². The van der Waals surface area contributed by atoms with Crippen LogP contribution in [0.15, 0.2) is 70.9 Å². The SMILES string of the molecule is C/C=C\N=C(Nc1ccc(C(=O)N2CCC(C(N)=O)CC2)c(C)c1)C(C)=N/C=C(\C)c1ccc(OC(C)F)cc1. The van der Waals surface area contributed by atoms with Crippen molar-refractivity contribution in [1.29, 1.82) is 0 Å². The van der Waals surface area contributed by atoms with Crippen molar-refractivity contribution in [2.45, 2.75) is 53.8 Å². The number of allylic oxidation sites excluding steroid dienone is 2. The van der Waals surface area contributed by atoms with Crippen molar-refractivity contribution in [3.63, 3.8) is 0 Å². The number of carbonyl (C=O) groups is 2. The minimum atomic E-state index is -1.37. The number of ether oxygens (including phenoxy) is 1. The summed E-state index contributed by atoms with van der Waals surface area (Å²) >= 11 is 0. The van der Waals surface area contributed by atoms with Gasteiger partial charge in [0, 0.05) is 49.6 Å². The van der Waals surface area contributed by atoms with Crippen LogP contribution in [0.1, 0.15) is 62.0 Å². The van der Waals surface area contributed by atoms with E-state index in [4.69, 9.17) is 10.5 Å². The maximum atomic E-state index is 13.1. The summed E-state index contributed by atoms with van der Waals surface area (Å²) in [5, 5.41) is 3.32. The number of hydrogen-bond acceptors (Lipinski definition) is 5. The largest absolute Gasteiger partial charge is 0.461 e. The molecule has 0 saturated carbocycles. The van der Waals surface area contributed by atoms with E-state index in [1.807, 2.05) is 58.0 Å². The van der Waals surface area contributed by atoms with Crippen LogP contribution in [0.3, 0.4) is 0 Å². The Morgan fingerprint density at radius 2 is 1.80 bits per heavy atom. The first-order valence-corrected chi connectivity index (χ1v) is 13.4. The number of aryl methyl sites for hydroxylation is 1. The predicted octanol–water partition coefficient (Wildman–Crippen LogP) is 5.89. The maximum absolute atomic E-state index is 13.1. The van der Waals surface area contributed by atoms with Gasteiger partial charge in [0.25, 0.3) is 5.91 Å². The van der Waals surface area contributed by atoms with Crippen LogP contribution in [-0.4, -0.2) is 47.7 Å². The zero-order valence-electron chi connectivity index (χ0n) is 23.8. The minimum Gasteiger partial charge on any atom is -0.461 e. The Morgan fingerprint density at radius 3 is 2.38 bits per heavy atom. The first kappa shape index (κ1) is 30.3. The zero-order valence-corrected chi connectivity index (χ0v) is 23.8. The Balaban J connectivity index is 1.73. The van der Waals surface area contributed by atoms with Gasteiger partial charge in [0.1, 0.15) is 5.75 Å². The third kappa shape index (κ3) is 8.36. The quantitative estimate of drug-likeness (QED) is 0.301. The second kappa shape index (κ2) is 14.2. The summed E-state index contributed by atoms with van der Waals surface area (Å²) in [4.78, 5) is 35.5. The van der Waals surface area contributed by atoms with Gasteiger partial charge in [0.2, 0.25) is 12.3 Å². The van der Waals surface area contributed by atoms with E-state index in [1.165, 1.54) is 6.92 Å². The van der Waals surface area contributed by atoms with Crippen LogP contribution < -0.4 is 15.8 Å². The second-order valence-corrected chi connectivity index (χ2v) is 9.80. The number of anilines is 1. The summed E-state index contributed by atoms with van der Waals surface area (Å²) in [5.41, 5.74) is 10.2. The van der Waals surface area contributed by atoms with E-state index in [0.717, 1.165) is 22.4 Å². The maximum Gasteiger partial charge on any atom is 0.254 e. The molecule has 1 aliphatic heterocycles. The van der Waals surface area contributed by atoms with Crippen molar-refractivity contribution in [3.8, 4) is 5.75 Å². The molecular weight excluding hydrogens is 509 g/mol. The van der Waals surface area contributed by atoms with E-state index < -0.39 is 6.36 Å². The number of primary amides is 1. The first-order chi connectivity index (χ1) is 19.1. The van der Waals surface area contributed by atoms with Gasteiger partial charge < -0.3 is 20.7 Å². The first-order valence-electron chi connectivity index (χ1n) is 13.4. The van der Waals surface area contributed by atoms with Gasteiger partial charge in [-0.1, -0.05) is 18.2 Å². The van der Waals surface area contributed by atoms with E-state index in [1.54, 1.807) is 35.5 Å². The number of hydrogen-bond donors (Lipinski definition) is 2. The molecule has 40 heavy (non-hydrogen) atoms. The number of carbonyl (C=O) groups excluding carboxylic acids is 2. The Hall–Kier alpha value is -4.27. The number of halogens is 1. The molecule has 2 aromatic rings. The monoisotopic (exact) mass is 547 g/mol. The fourth-order valence-corrected chi connectivity index (χ4v) is 4.33. The molecule has 1 saturated heterocycles. The van der Waals surface area contributed by atoms with Gasteiger partial charge in [-0.3, -0.25) is 14.6 Å². The van der Waals surface area contributed by atoms with Crippen LogP contribution in [0, 0.1) is 12.8 Å². The molecule has 1 fully saturated rings. The number of amides is 2. The van der Waals surface area contributed by atoms with Crippen LogP contribution >= 0.6 is 0 Å². The van der Waals surface area contributed by atoms with Crippen LogP contribution in [0.5, 0.6) is 5.75 Å². The molecule has 2 amide bonds. The standard InChI is InChI=1S/C31H38FN5O3/c1-6-15-34-30(22(4)35-19-21(3)24-7-10-27(11-8-24)40-23(5)32)36-26-9-12-28(20(2)18-26)31(39)37-16-13-25(14-17-37)29(33)38/h6-12,15,18-19,23,25H,13-14,16-17H2,1-5H3,(H2,33,38)(H,34,36)/b15-6-,21-19+,35-22?. The van der Waals surface area contributed by atoms with Crippen LogP contribution in [-0.2, 0) is 4.79 Å². The molecule has 0 aliphatic carbocycles. The van der Waals surface area contributed by atoms with Gasteiger partial charge in [-0.2, -0.15) is 0 Å². The molecule has 0 bridgehead atoms. The number of nitrogens with one attached hydrogen (secondary N) is 1. The molecule has 212 valence electrons. The molecule has 9 heteroatoms. The topological polar surface area (TPSA) is 109 Å². The number of nitrogens with two attached hydrogens (primary N) is 1. The number of benzene rings is 2. The highest BCUT2D eigenvalue weighted by Gasteiger charge is 2.27. The predicted molar refractivity (Wildman–Crippen MR) is 159 cm³/mol. The lowest BCUT2D eigenvalue weighted by Gasteiger charge is -2.31. The Kier molecular flexibility index (Phi) is 10.8. The van der Waals surface area contributed by atoms with Crippen molar-refractivity contribution in [3.05, 3.63) is 77.6 Å². The number of amidine groups is 1. The fourth-order valence-electron chi connectivity index (χ4n) is 4.33. The van der Waals surface area contributed by atoms with E-state index in [-0.39, 0.29) is 17.7 Å². The highest BCUT2D eigenvalue weighted by atomic mass is 19.1. The molecular formula is C31H38FN5O3. The van der Waals surface area contributed by atoms with Gasteiger partial charge in [-0.05, 0) is 87.6 Å². The summed E-state index contributed by atoms with van der Waals surface area (Å²) in [6, 6.07) is 12.7. The number of piperidine rings is 1. The molecule has 1 aliphatic rings. The number of nitrogens with zero attached hydrogens (tertiary/aromatic N) is 3. The van der Waals surface area contributed by atoms with Crippen molar-refractivity contribution in [1.82, 2.24) is 4.90 Å².